The number of carbonyl (C=O) groups is 3. The molecule has 2 aliphatic rings. The maximum Gasteiger partial charge on any atom is 0.338 e. The summed E-state index contributed by atoms with van der Waals surface area (Å²) < 4.78 is 6.86. The maximum atomic E-state index is 13.3. The van der Waals surface area contributed by atoms with Gasteiger partial charge in [-0.3, -0.25) is 9.59 Å². The van der Waals surface area contributed by atoms with Crippen molar-refractivity contribution in [1.82, 2.24) is 14.8 Å². The van der Waals surface area contributed by atoms with Crippen molar-refractivity contribution in [3.63, 3.8) is 0 Å². The summed E-state index contributed by atoms with van der Waals surface area (Å²) in [5.74, 6) is -0.330. The number of urea groups is 1. The molecule has 3 atom stereocenters. The van der Waals surface area contributed by atoms with E-state index in [1.165, 1.54) is 0 Å². The van der Waals surface area contributed by atoms with E-state index in [4.69, 9.17) is 4.74 Å². The largest absolute Gasteiger partial charge is 0.462 e. The van der Waals surface area contributed by atoms with Crippen LogP contribution in [0.15, 0.2) is 47.3 Å². The van der Waals surface area contributed by atoms with Crippen molar-refractivity contribution in [1.29, 1.82) is 0 Å². The number of hydrogen-bond acceptors (Lipinski definition) is 5. The highest BCUT2D eigenvalue weighted by Gasteiger charge is 2.37. The Labute approximate surface area is 210 Å². The lowest BCUT2D eigenvalue weighted by Gasteiger charge is -2.43. The Hall–Kier alpha value is -3.62. The van der Waals surface area contributed by atoms with Crippen LogP contribution in [0.4, 0.5) is 10.5 Å². The van der Waals surface area contributed by atoms with Crippen molar-refractivity contribution in [3.8, 4) is 0 Å². The van der Waals surface area contributed by atoms with Crippen LogP contribution in [-0.2, 0) is 16.1 Å². The Bertz CT molecular complexity index is 1190. The average Bonchev–Trinajstić information content (AvgIpc) is 2.84. The summed E-state index contributed by atoms with van der Waals surface area (Å²) in [7, 11) is 0. The molecule has 1 saturated heterocycles. The van der Waals surface area contributed by atoms with E-state index in [0.29, 0.717) is 37.3 Å². The number of nitrogens with one attached hydrogen (secondary N) is 2. The van der Waals surface area contributed by atoms with E-state index in [2.05, 4.69) is 10.6 Å². The van der Waals surface area contributed by atoms with Crippen LogP contribution in [0.25, 0.3) is 0 Å². The molecule has 0 aliphatic carbocycles. The summed E-state index contributed by atoms with van der Waals surface area (Å²) >= 11 is 0. The summed E-state index contributed by atoms with van der Waals surface area (Å²) in [6.45, 7) is 7.63. The Balaban J connectivity index is 1.44. The molecule has 2 aromatic rings. The number of fused-ring (bicyclic) bond motifs is 4. The molecule has 0 radical (unpaired) electrons. The lowest BCUT2D eigenvalue weighted by Crippen LogP contribution is -2.55. The monoisotopic (exact) mass is 494 g/mol. The molecule has 2 bridgehead atoms. The number of esters is 1. The second kappa shape index (κ2) is 11.0. The molecule has 0 spiro atoms. The van der Waals surface area contributed by atoms with Gasteiger partial charge in [0.15, 0.2) is 0 Å². The van der Waals surface area contributed by atoms with Crippen molar-refractivity contribution in [2.75, 3.05) is 25.0 Å². The summed E-state index contributed by atoms with van der Waals surface area (Å²) in [5.41, 5.74) is 1.77. The first-order valence-corrected chi connectivity index (χ1v) is 12.6. The van der Waals surface area contributed by atoms with Crippen LogP contribution >= 0.6 is 0 Å². The summed E-state index contributed by atoms with van der Waals surface area (Å²) in [4.78, 5) is 52.5. The molecule has 36 heavy (non-hydrogen) atoms. The number of amides is 3. The Morgan fingerprint density at radius 3 is 2.61 bits per heavy atom. The van der Waals surface area contributed by atoms with Gasteiger partial charge in [-0.1, -0.05) is 26.0 Å². The first-order valence-electron chi connectivity index (χ1n) is 12.6. The van der Waals surface area contributed by atoms with E-state index in [-0.39, 0.29) is 41.9 Å². The van der Waals surface area contributed by atoms with Gasteiger partial charge in [-0.25, -0.2) is 9.59 Å². The predicted molar refractivity (Wildman–Crippen MR) is 136 cm³/mol. The number of carbonyl (C=O) groups excluding carboxylic acids is 3. The Morgan fingerprint density at radius 2 is 1.86 bits per heavy atom. The van der Waals surface area contributed by atoms with Gasteiger partial charge in [0.2, 0.25) is 5.91 Å². The molecular formula is C27H34N4O5. The number of anilines is 1. The van der Waals surface area contributed by atoms with Crippen LogP contribution < -0.4 is 16.2 Å². The highest BCUT2D eigenvalue weighted by atomic mass is 16.5. The van der Waals surface area contributed by atoms with Crippen LogP contribution in [-0.4, -0.2) is 53.1 Å². The van der Waals surface area contributed by atoms with Crippen LogP contribution in [0.5, 0.6) is 0 Å². The van der Waals surface area contributed by atoms with E-state index < -0.39 is 12.0 Å². The molecule has 2 aliphatic heterocycles. The molecule has 9 nitrogen and oxygen atoms in total. The van der Waals surface area contributed by atoms with Crippen LogP contribution in [0.3, 0.4) is 0 Å². The molecule has 3 heterocycles. The van der Waals surface area contributed by atoms with Gasteiger partial charge < -0.3 is 24.8 Å². The van der Waals surface area contributed by atoms with Crippen LogP contribution in [0.1, 0.15) is 55.6 Å². The van der Waals surface area contributed by atoms with Gasteiger partial charge in [0, 0.05) is 43.0 Å². The number of nitrogens with zero attached hydrogens (tertiary/aromatic N) is 2. The fourth-order valence-corrected chi connectivity index (χ4v) is 5.17. The highest BCUT2D eigenvalue weighted by molar-refractivity contribution is 5.98. The second-order valence-corrected chi connectivity index (χ2v) is 10.0. The lowest BCUT2D eigenvalue weighted by molar-refractivity contribution is -0.118. The molecule has 1 fully saturated rings. The van der Waals surface area contributed by atoms with Crippen LogP contribution in [0, 0.1) is 11.8 Å². The smallest absolute Gasteiger partial charge is 0.338 e. The number of pyridine rings is 1. The minimum absolute atomic E-state index is 0.000737. The zero-order chi connectivity index (χ0) is 25.8. The third kappa shape index (κ3) is 5.78. The molecular weight excluding hydrogens is 460 g/mol. The quantitative estimate of drug-likeness (QED) is 0.575. The van der Waals surface area contributed by atoms with Gasteiger partial charge in [0.05, 0.1) is 12.2 Å². The number of hydrogen-bond donors (Lipinski definition) is 2. The third-order valence-corrected chi connectivity index (χ3v) is 6.73. The first-order chi connectivity index (χ1) is 17.2. The van der Waals surface area contributed by atoms with Crippen molar-refractivity contribution in [2.24, 2.45) is 11.8 Å². The Kier molecular flexibility index (Phi) is 7.76. The molecule has 192 valence electrons. The summed E-state index contributed by atoms with van der Waals surface area (Å²) in [6.07, 6.45) is 1.41. The van der Waals surface area contributed by atoms with E-state index in [9.17, 15) is 19.2 Å². The molecule has 2 unspecified atom stereocenters. The summed E-state index contributed by atoms with van der Waals surface area (Å²) in [5, 5.41) is 5.77. The number of ether oxygens (including phenoxy) is 1. The number of benzene rings is 1. The zero-order valence-corrected chi connectivity index (χ0v) is 21.0. The normalized spacial score (nSPS) is 19.3. The fourth-order valence-electron chi connectivity index (χ4n) is 5.17. The van der Waals surface area contributed by atoms with Crippen LogP contribution in [0.2, 0.25) is 0 Å². The standard InChI is InChI=1S/C27H34N4O5/c1-4-36-26(34)19-7-5-8-21(13-19)28-25(33)22(11-17(2)3)29-27(35)30-14-18-12-20(16-30)23-9-6-10-24(32)31(23)15-18/h5-10,13,17-18,20,22H,4,11-12,14-16H2,1-3H3,(H,28,33)(H,29,35)/t18?,20?,22-/m0/s1. The number of piperidine rings is 1. The van der Waals surface area contributed by atoms with Crippen molar-refractivity contribution < 1.29 is 19.1 Å². The molecule has 1 aromatic heterocycles. The SMILES string of the molecule is CCOC(=O)c1cccc(NC(=O)[C@H](CC(C)C)NC(=O)N2CC3CC(C2)c2cccc(=O)n2C3)c1. The lowest BCUT2D eigenvalue weighted by atomic mass is 9.83. The third-order valence-electron chi connectivity index (χ3n) is 6.73. The summed E-state index contributed by atoms with van der Waals surface area (Å²) in [6, 6.07) is 10.9. The van der Waals surface area contributed by atoms with Gasteiger partial charge in [-0.15, -0.1) is 0 Å². The van der Waals surface area contributed by atoms with E-state index in [0.717, 1.165) is 12.1 Å². The molecule has 4 rings (SSSR count). The van der Waals surface area contributed by atoms with Gasteiger partial charge in [0.25, 0.3) is 5.56 Å². The Morgan fingerprint density at radius 1 is 1.08 bits per heavy atom. The van der Waals surface area contributed by atoms with E-state index >= 15 is 0 Å². The number of likely N-dealkylation sites (tertiary alicyclic amines) is 1. The second-order valence-electron chi connectivity index (χ2n) is 10.0. The number of aromatic nitrogens is 1. The van der Waals surface area contributed by atoms with Crippen molar-refractivity contribution in [2.45, 2.75) is 52.1 Å². The van der Waals surface area contributed by atoms with E-state index in [1.807, 2.05) is 24.5 Å². The van der Waals surface area contributed by atoms with Gasteiger partial charge >= 0.3 is 12.0 Å². The van der Waals surface area contributed by atoms with Crippen molar-refractivity contribution >= 4 is 23.6 Å². The first kappa shape index (κ1) is 25.5. The molecule has 0 saturated carbocycles. The maximum absolute atomic E-state index is 13.3. The average molecular weight is 495 g/mol. The van der Waals surface area contributed by atoms with Gasteiger partial charge in [-0.05, 0) is 55.9 Å². The molecule has 2 N–H and O–H groups in total. The van der Waals surface area contributed by atoms with Gasteiger partial charge in [-0.2, -0.15) is 0 Å². The minimum atomic E-state index is -0.736. The highest BCUT2D eigenvalue weighted by Crippen LogP contribution is 2.35. The number of rotatable bonds is 7. The zero-order valence-electron chi connectivity index (χ0n) is 21.0. The minimum Gasteiger partial charge on any atom is -0.462 e. The topological polar surface area (TPSA) is 110 Å². The molecule has 3 amide bonds. The van der Waals surface area contributed by atoms with E-state index in [1.54, 1.807) is 48.2 Å². The van der Waals surface area contributed by atoms with Crippen molar-refractivity contribution in [3.05, 3.63) is 64.1 Å². The fraction of sp³-hybridized carbons (Fsp3) is 0.481. The molecule has 1 aromatic carbocycles. The molecule has 9 heteroatoms. The predicted octanol–water partition coefficient (Wildman–Crippen LogP) is 3.21. The van der Waals surface area contributed by atoms with Gasteiger partial charge in [0.1, 0.15) is 6.04 Å².